The summed E-state index contributed by atoms with van der Waals surface area (Å²) in [6.45, 7) is 6.16. The first-order valence-corrected chi connectivity index (χ1v) is 6.63. The van der Waals surface area contributed by atoms with Crippen LogP contribution in [0.4, 0.5) is 5.69 Å². The summed E-state index contributed by atoms with van der Waals surface area (Å²) in [4.78, 5) is 14.5. The van der Waals surface area contributed by atoms with E-state index in [1.165, 1.54) is 11.1 Å². The number of amides is 1. The van der Waals surface area contributed by atoms with Crippen molar-refractivity contribution in [2.45, 2.75) is 26.7 Å². The van der Waals surface area contributed by atoms with Crippen LogP contribution in [0.3, 0.4) is 0 Å². The van der Waals surface area contributed by atoms with Gasteiger partial charge in [-0.1, -0.05) is 12.1 Å². The second-order valence-corrected chi connectivity index (χ2v) is 5.31. The SMILES string of the molecule is Cc1cccc(NC(=O)C2CCN(C)CC2)c1C. The number of carbonyl (C=O) groups excluding carboxylic acids is 1. The number of benzene rings is 1. The highest BCUT2D eigenvalue weighted by Gasteiger charge is 2.23. The van der Waals surface area contributed by atoms with Gasteiger partial charge >= 0.3 is 0 Å². The first kappa shape index (κ1) is 13.1. The number of rotatable bonds is 2. The van der Waals surface area contributed by atoms with Crippen molar-refractivity contribution in [1.29, 1.82) is 0 Å². The summed E-state index contributed by atoms with van der Waals surface area (Å²) in [5.74, 6) is 0.345. The minimum Gasteiger partial charge on any atom is -0.326 e. The average molecular weight is 246 g/mol. The van der Waals surface area contributed by atoms with Crippen LogP contribution >= 0.6 is 0 Å². The van der Waals surface area contributed by atoms with Crippen molar-refractivity contribution in [2.75, 3.05) is 25.5 Å². The van der Waals surface area contributed by atoms with E-state index in [4.69, 9.17) is 0 Å². The van der Waals surface area contributed by atoms with E-state index in [0.29, 0.717) is 0 Å². The van der Waals surface area contributed by atoms with Crippen LogP contribution in [0, 0.1) is 19.8 Å². The summed E-state index contributed by atoms with van der Waals surface area (Å²) in [5.41, 5.74) is 3.34. The van der Waals surface area contributed by atoms with E-state index >= 15 is 0 Å². The molecule has 1 aromatic carbocycles. The van der Waals surface area contributed by atoms with Crippen molar-refractivity contribution in [1.82, 2.24) is 4.90 Å². The van der Waals surface area contributed by atoms with Gasteiger partial charge in [-0.2, -0.15) is 0 Å². The van der Waals surface area contributed by atoms with Crippen LogP contribution in [0.5, 0.6) is 0 Å². The lowest BCUT2D eigenvalue weighted by Gasteiger charge is -2.28. The Bertz CT molecular complexity index is 434. The normalized spacial score (nSPS) is 17.7. The number of likely N-dealkylation sites (tertiary alicyclic amines) is 1. The quantitative estimate of drug-likeness (QED) is 0.870. The molecule has 1 amide bonds. The first-order valence-electron chi connectivity index (χ1n) is 6.63. The van der Waals surface area contributed by atoms with E-state index in [1.54, 1.807) is 0 Å². The summed E-state index contributed by atoms with van der Waals surface area (Å²) in [6, 6.07) is 6.04. The number of aryl methyl sites for hydroxylation is 1. The summed E-state index contributed by atoms with van der Waals surface area (Å²) >= 11 is 0. The first-order chi connectivity index (χ1) is 8.58. The van der Waals surface area contributed by atoms with Crippen molar-refractivity contribution in [3.63, 3.8) is 0 Å². The van der Waals surface area contributed by atoms with Crippen molar-refractivity contribution in [3.05, 3.63) is 29.3 Å². The Morgan fingerprint density at radius 3 is 2.61 bits per heavy atom. The van der Waals surface area contributed by atoms with Gasteiger partial charge in [0.1, 0.15) is 0 Å². The van der Waals surface area contributed by atoms with E-state index in [0.717, 1.165) is 31.6 Å². The van der Waals surface area contributed by atoms with Crippen LogP contribution in [0.25, 0.3) is 0 Å². The summed E-state index contributed by atoms with van der Waals surface area (Å²) < 4.78 is 0. The van der Waals surface area contributed by atoms with Gasteiger partial charge in [0.25, 0.3) is 0 Å². The minimum atomic E-state index is 0.168. The molecule has 1 fully saturated rings. The molecule has 0 atom stereocenters. The molecule has 0 bridgehead atoms. The average Bonchev–Trinajstić information content (AvgIpc) is 2.36. The zero-order valence-electron chi connectivity index (χ0n) is 11.5. The molecule has 0 aliphatic carbocycles. The van der Waals surface area contributed by atoms with Gasteiger partial charge in [0.15, 0.2) is 0 Å². The number of carbonyl (C=O) groups is 1. The molecule has 1 aliphatic rings. The Morgan fingerprint density at radius 2 is 1.94 bits per heavy atom. The van der Waals surface area contributed by atoms with E-state index in [-0.39, 0.29) is 11.8 Å². The molecule has 98 valence electrons. The summed E-state index contributed by atoms with van der Waals surface area (Å²) in [5, 5.41) is 3.08. The third-order valence-corrected chi connectivity index (χ3v) is 3.95. The molecule has 3 nitrogen and oxygen atoms in total. The number of piperidine rings is 1. The monoisotopic (exact) mass is 246 g/mol. The van der Waals surface area contributed by atoms with Crippen LogP contribution < -0.4 is 5.32 Å². The maximum atomic E-state index is 12.2. The van der Waals surface area contributed by atoms with E-state index < -0.39 is 0 Å². The fraction of sp³-hybridized carbons (Fsp3) is 0.533. The minimum absolute atomic E-state index is 0.168. The Kier molecular flexibility index (Phi) is 4.02. The van der Waals surface area contributed by atoms with Crippen molar-refractivity contribution >= 4 is 11.6 Å². The molecule has 18 heavy (non-hydrogen) atoms. The standard InChI is InChI=1S/C15H22N2O/c1-11-5-4-6-14(12(11)2)16-15(18)13-7-9-17(3)10-8-13/h4-6,13H,7-10H2,1-3H3,(H,16,18). The number of hydrogen-bond acceptors (Lipinski definition) is 2. The molecule has 1 heterocycles. The van der Waals surface area contributed by atoms with Crippen LogP contribution in [0.15, 0.2) is 18.2 Å². The zero-order chi connectivity index (χ0) is 13.1. The van der Waals surface area contributed by atoms with Gasteiger partial charge < -0.3 is 10.2 Å². The molecule has 1 aromatic rings. The van der Waals surface area contributed by atoms with Gasteiger partial charge in [-0.3, -0.25) is 4.79 Å². The summed E-state index contributed by atoms with van der Waals surface area (Å²) in [6.07, 6.45) is 1.93. The Morgan fingerprint density at radius 1 is 1.28 bits per heavy atom. The molecular weight excluding hydrogens is 224 g/mol. The Hall–Kier alpha value is -1.35. The molecule has 3 heteroatoms. The molecule has 1 saturated heterocycles. The predicted octanol–water partition coefficient (Wildman–Crippen LogP) is 2.58. The van der Waals surface area contributed by atoms with Gasteiger partial charge in [-0.15, -0.1) is 0 Å². The second kappa shape index (κ2) is 5.53. The highest BCUT2D eigenvalue weighted by Crippen LogP contribution is 2.22. The molecule has 2 rings (SSSR count). The van der Waals surface area contributed by atoms with Gasteiger partial charge in [0.2, 0.25) is 5.91 Å². The number of nitrogens with zero attached hydrogens (tertiary/aromatic N) is 1. The number of nitrogens with one attached hydrogen (secondary N) is 1. The third kappa shape index (κ3) is 2.91. The lowest BCUT2D eigenvalue weighted by Crippen LogP contribution is -2.36. The number of anilines is 1. The third-order valence-electron chi connectivity index (χ3n) is 3.95. The molecule has 1 N–H and O–H groups in total. The highest BCUT2D eigenvalue weighted by atomic mass is 16.1. The lowest BCUT2D eigenvalue weighted by molar-refractivity contribution is -0.121. The largest absolute Gasteiger partial charge is 0.326 e. The zero-order valence-corrected chi connectivity index (χ0v) is 11.5. The van der Waals surface area contributed by atoms with Crippen LogP contribution in [0.1, 0.15) is 24.0 Å². The van der Waals surface area contributed by atoms with E-state index in [1.807, 2.05) is 12.1 Å². The molecule has 0 saturated carbocycles. The molecule has 0 unspecified atom stereocenters. The van der Waals surface area contributed by atoms with Gasteiger partial charge in [-0.05, 0) is 64.0 Å². The van der Waals surface area contributed by atoms with Crippen molar-refractivity contribution < 1.29 is 4.79 Å². The van der Waals surface area contributed by atoms with E-state index in [2.05, 4.69) is 37.2 Å². The second-order valence-electron chi connectivity index (χ2n) is 5.31. The summed E-state index contributed by atoms with van der Waals surface area (Å²) in [7, 11) is 2.11. The highest BCUT2D eigenvalue weighted by molar-refractivity contribution is 5.93. The van der Waals surface area contributed by atoms with Gasteiger partial charge in [-0.25, -0.2) is 0 Å². The molecule has 0 spiro atoms. The van der Waals surface area contributed by atoms with Crippen LogP contribution in [-0.4, -0.2) is 30.9 Å². The molecule has 0 radical (unpaired) electrons. The van der Waals surface area contributed by atoms with Crippen LogP contribution in [0.2, 0.25) is 0 Å². The lowest BCUT2D eigenvalue weighted by atomic mass is 9.96. The fourth-order valence-corrected chi connectivity index (χ4v) is 2.39. The predicted molar refractivity (Wildman–Crippen MR) is 74.8 cm³/mol. The fourth-order valence-electron chi connectivity index (χ4n) is 2.39. The van der Waals surface area contributed by atoms with Gasteiger partial charge in [0.05, 0.1) is 0 Å². The Labute approximate surface area is 109 Å². The Balaban J connectivity index is 2.01. The number of hydrogen-bond donors (Lipinski definition) is 1. The van der Waals surface area contributed by atoms with E-state index in [9.17, 15) is 4.79 Å². The topological polar surface area (TPSA) is 32.3 Å². The maximum absolute atomic E-state index is 12.2. The molecule has 1 aliphatic heterocycles. The smallest absolute Gasteiger partial charge is 0.227 e. The van der Waals surface area contributed by atoms with Crippen molar-refractivity contribution in [2.24, 2.45) is 5.92 Å². The van der Waals surface area contributed by atoms with Crippen molar-refractivity contribution in [3.8, 4) is 0 Å². The molecular formula is C15H22N2O. The van der Waals surface area contributed by atoms with Gasteiger partial charge in [0, 0.05) is 11.6 Å². The van der Waals surface area contributed by atoms with Crippen LogP contribution in [-0.2, 0) is 4.79 Å². The molecule has 0 aromatic heterocycles. The maximum Gasteiger partial charge on any atom is 0.227 e.